The summed E-state index contributed by atoms with van der Waals surface area (Å²) in [5, 5.41) is -0.398. The highest BCUT2D eigenvalue weighted by atomic mass is 35.5. The smallest absolute Gasteiger partial charge is 0.387 e. The van der Waals surface area contributed by atoms with Gasteiger partial charge in [-0.2, -0.15) is 8.78 Å². The molecule has 0 radical (unpaired) electrons. The number of ketones is 1. The Kier molecular flexibility index (Phi) is 4.34. The van der Waals surface area contributed by atoms with Crippen molar-refractivity contribution in [2.24, 2.45) is 0 Å². The van der Waals surface area contributed by atoms with Crippen LogP contribution in [0.15, 0.2) is 12.1 Å². The Morgan fingerprint density at radius 2 is 1.88 bits per heavy atom. The molecule has 0 aliphatic rings. The van der Waals surface area contributed by atoms with E-state index in [0.29, 0.717) is 0 Å². The van der Waals surface area contributed by atoms with Crippen LogP contribution in [0.1, 0.15) is 29.3 Å². The van der Waals surface area contributed by atoms with Crippen LogP contribution in [0.5, 0.6) is 5.75 Å². The van der Waals surface area contributed by atoms with E-state index in [1.54, 1.807) is 0 Å². The highest BCUT2D eigenvalue weighted by Gasteiger charge is 2.20. The van der Waals surface area contributed by atoms with Crippen LogP contribution in [0.4, 0.5) is 17.6 Å². The minimum atomic E-state index is -3.15. The first-order chi connectivity index (χ1) is 7.82. The molecule has 0 N–H and O–H groups in total. The van der Waals surface area contributed by atoms with Crippen molar-refractivity contribution in [2.75, 3.05) is 0 Å². The average molecular weight is 271 g/mol. The Bertz CT molecular complexity index is 435. The number of carbonyl (C=O) groups is 1. The highest BCUT2D eigenvalue weighted by Crippen LogP contribution is 2.34. The number of hydrogen-bond donors (Lipinski definition) is 0. The SMILES string of the molecule is CC(=O)c1cc(OC(F)F)c(Cl)cc1C(F)F. The summed E-state index contributed by atoms with van der Waals surface area (Å²) >= 11 is 5.49. The summed E-state index contributed by atoms with van der Waals surface area (Å²) in [5.74, 6) is -1.19. The van der Waals surface area contributed by atoms with Crippen LogP contribution in [0.3, 0.4) is 0 Å². The molecule has 1 aromatic carbocycles. The van der Waals surface area contributed by atoms with E-state index in [1.165, 1.54) is 0 Å². The summed E-state index contributed by atoms with van der Waals surface area (Å²) in [6.45, 7) is -2.11. The molecule has 0 saturated heterocycles. The van der Waals surface area contributed by atoms with E-state index in [9.17, 15) is 22.4 Å². The molecule has 7 heteroatoms. The third-order valence-corrected chi connectivity index (χ3v) is 2.23. The van der Waals surface area contributed by atoms with Gasteiger partial charge in [0.25, 0.3) is 6.43 Å². The van der Waals surface area contributed by atoms with Crippen molar-refractivity contribution in [3.63, 3.8) is 0 Å². The third-order valence-electron chi connectivity index (χ3n) is 1.93. The quantitative estimate of drug-likeness (QED) is 0.609. The number of benzene rings is 1. The number of rotatable bonds is 4. The summed E-state index contributed by atoms with van der Waals surface area (Å²) < 4.78 is 53.1. The monoisotopic (exact) mass is 270 g/mol. The molecule has 0 spiro atoms. The van der Waals surface area contributed by atoms with Crippen LogP contribution in [0, 0.1) is 0 Å². The number of Topliss-reactive ketones (excluding diaryl/α,β-unsaturated/α-hetero) is 1. The van der Waals surface area contributed by atoms with Crippen molar-refractivity contribution in [3.8, 4) is 5.75 Å². The van der Waals surface area contributed by atoms with Gasteiger partial charge >= 0.3 is 6.61 Å². The Morgan fingerprint density at radius 3 is 2.29 bits per heavy atom. The lowest BCUT2D eigenvalue weighted by atomic mass is 10.0. The van der Waals surface area contributed by atoms with Crippen molar-refractivity contribution in [3.05, 3.63) is 28.3 Å². The molecule has 0 saturated carbocycles. The minimum Gasteiger partial charge on any atom is -0.433 e. The molecular weight excluding hydrogens is 264 g/mol. The lowest BCUT2D eigenvalue weighted by Gasteiger charge is -2.11. The van der Waals surface area contributed by atoms with Crippen LogP contribution in [-0.4, -0.2) is 12.4 Å². The second-order valence-electron chi connectivity index (χ2n) is 3.11. The van der Waals surface area contributed by atoms with Gasteiger partial charge in [-0.15, -0.1) is 0 Å². The van der Waals surface area contributed by atoms with Crippen LogP contribution in [-0.2, 0) is 0 Å². The van der Waals surface area contributed by atoms with Crippen LogP contribution < -0.4 is 4.74 Å². The predicted molar refractivity (Wildman–Crippen MR) is 53.0 cm³/mol. The summed E-state index contributed by atoms with van der Waals surface area (Å²) in [4.78, 5) is 11.1. The largest absolute Gasteiger partial charge is 0.433 e. The van der Waals surface area contributed by atoms with Crippen LogP contribution in [0.2, 0.25) is 5.02 Å². The van der Waals surface area contributed by atoms with Gasteiger partial charge in [0.2, 0.25) is 0 Å². The fraction of sp³-hybridized carbons (Fsp3) is 0.300. The summed E-state index contributed by atoms with van der Waals surface area (Å²) in [5.41, 5.74) is -0.996. The van der Waals surface area contributed by atoms with Crippen LogP contribution in [0.25, 0.3) is 0 Å². The average Bonchev–Trinajstić information content (AvgIpc) is 2.19. The van der Waals surface area contributed by atoms with Crippen LogP contribution >= 0.6 is 11.6 Å². The summed E-state index contributed by atoms with van der Waals surface area (Å²) in [6, 6.07) is 1.54. The fourth-order valence-corrected chi connectivity index (χ4v) is 1.46. The van der Waals surface area contributed by atoms with E-state index in [0.717, 1.165) is 19.1 Å². The second-order valence-corrected chi connectivity index (χ2v) is 3.51. The lowest BCUT2D eigenvalue weighted by molar-refractivity contribution is -0.0498. The Morgan fingerprint density at radius 1 is 1.29 bits per heavy atom. The van der Waals surface area contributed by atoms with Gasteiger partial charge < -0.3 is 4.74 Å². The maximum absolute atomic E-state index is 12.6. The van der Waals surface area contributed by atoms with Gasteiger partial charge in [0.1, 0.15) is 5.75 Å². The van der Waals surface area contributed by atoms with Crippen molar-refractivity contribution in [1.82, 2.24) is 0 Å². The van der Waals surface area contributed by atoms with Crippen molar-refractivity contribution in [1.29, 1.82) is 0 Å². The maximum atomic E-state index is 12.6. The topological polar surface area (TPSA) is 26.3 Å². The molecule has 0 unspecified atom stereocenters. The molecule has 1 aromatic rings. The van der Waals surface area contributed by atoms with Crippen molar-refractivity contribution < 1.29 is 27.1 Å². The van der Waals surface area contributed by atoms with Gasteiger partial charge in [0, 0.05) is 11.1 Å². The second kappa shape index (κ2) is 5.35. The van der Waals surface area contributed by atoms with Crippen molar-refractivity contribution in [2.45, 2.75) is 20.0 Å². The number of carbonyl (C=O) groups excluding carboxylic acids is 1. The van der Waals surface area contributed by atoms with Gasteiger partial charge in [0.05, 0.1) is 5.02 Å². The van der Waals surface area contributed by atoms with E-state index >= 15 is 0 Å². The normalized spacial score (nSPS) is 11.1. The molecule has 0 aliphatic carbocycles. The number of alkyl halides is 4. The molecule has 0 atom stereocenters. The van der Waals surface area contributed by atoms with Crippen molar-refractivity contribution >= 4 is 17.4 Å². The van der Waals surface area contributed by atoms with Gasteiger partial charge in [-0.05, 0) is 19.1 Å². The zero-order valence-electron chi connectivity index (χ0n) is 8.52. The lowest BCUT2D eigenvalue weighted by Crippen LogP contribution is -2.06. The molecule has 94 valence electrons. The zero-order chi connectivity index (χ0) is 13.2. The first kappa shape index (κ1) is 13.8. The number of ether oxygens (including phenoxy) is 1. The van der Waals surface area contributed by atoms with E-state index in [-0.39, 0.29) is 5.56 Å². The molecule has 17 heavy (non-hydrogen) atoms. The Balaban J connectivity index is 3.29. The molecular formula is C10H7ClF4O2. The van der Waals surface area contributed by atoms with E-state index in [2.05, 4.69) is 4.74 Å². The standard InChI is InChI=1S/C10H7ClF4O2/c1-4(16)5-3-8(17-10(14)15)7(11)2-6(5)9(12)13/h2-3,9-10H,1H3. The minimum absolute atomic E-state index is 0.389. The van der Waals surface area contributed by atoms with Gasteiger partial charge in [-0.1, -0.05) is 11.6 Å². The molecule has 0 fully saturated rings. The first-order valence-electron chi connectivity index (χ1n) is 4.40. The molecule has 0 aromatic heterocycles. The Labute approximate surface area is 99.1 Å². The zero-order valence-corrected chi connectivity index (χ0v) is 9.27. The van der Waals surface area contributed by atoms with Gasteiger partial charge in [0.15, 0.2) is 5.78 Å². The summed E-state index contributed by atoms with van der Waals surface area (Å²) in [6.07, 6.45) is -2.92. The molecule has 1 rings (SSSR count). The molecule has 0 amide bonds. The van der Waals surface area contributed by atoms with E-state index in [1.807, 2.05) is 0 Å². The van der Waals surface area contributed by atoms with E-state index in [4.69, 9.17) is 11.6 Å². The fourth-order valence-electron chi connectivity index (χ4n) is 1.24. The number of halogens is 5. The molecule has 0 bridgehead atoms. The molecule has 0 aliphatic heterocycles. The molecule has 2 nitrogen and oxygen atoms in total. The molecule has 0 heterocycles. The first-order valence-corrected chi connectivity index (χ1v) is 4.78. The van der Waals surface area contributed by atoms with Gasteiger partial charge in [-0.25, -0.2) is 8.78 Å². The third kappa shape index (κ3) is 3.33. The number of hydrogen-bond acceptors (Lipinski definition) is 2. The summed E-state index contributed by atoms with van der Waals surface area (Å²) in [7, 11) is 0. The van der Waals surface area contributed by atoms with Gasteiger partial charge in [-0.3, -0.25) is 4.79 Å². The highest BCUT2D eigenvalue weighted by molar-refractivity contribution is 6.32. The maximum Gasteiger partial charge on any atom is 0.387 e. The Hall–Kier alpha value is -1.30. The van der Waals surface area contributed by atoms with E-state index < -0.39 is 35.2 Å². The predicted octanol–water partition coefficient (Wildman–Crippen LogP) is 4.08.